The maximum atomic E-state index is 12.3. The lowest BCUT2D eigenvalue weighted by Gasteiger charge is -2.23. The molecule has 1 amide bonds. The number of piperidine rings is 1. The maximum absolute atomic E-state index is 12.3. The summed E-state index contributed by atoms with van der Waals surface area (Å²) in [6, 6.07) is 5.70. The molecule has 19 heavy (non-hydrogen) atoms. The van der Waals surface area contributed by atoms with E-state index in [9.17, 15) is 4.79 Å². The highest BCUT2D eigenvalue weighted by molar-refractivity contribution is 6.04. The number of aromatic nitrogens is 2. The molecule has 1 fully saturated rings. The topological polar surface area (TPSA) is 66.9 Å². The first kappa shape index (κ1) is 12.0. The predicted molar refractivity (Wildman–Crippen MR) is 72.9 cm³/mol. The molecular formula is C14H16N4O. The molecule has 98 valence electrons. The van der Waals surface area contributed by atoms with Gasteiger partial charge in [-0.3, -0.25) is 14.8 Å². The number of amides is 1. The summed E-state index contributed by atoms with van der Waals surface area (Å²) < 4.78 is 0. The van der Waals surface area contributed by atoms with Crippen LogP contribution in [0.4, 0.5) is 0 Å². The van der Waals surface area contributed by atoms with E-state index in [0.717, 1.165) is 31.4 Å². The molecule has 5 heteroatoms. The molecule has 1 aromatic heterocycles. The number of carbonyl (C=O) groups is 1. The van der Waals surface area contributed by atoms with Crippen LogP contribution in [0.15, 0.2) is 30.6 Å². The number of nitrogens with zero attached hydrogens (tertiary/aromatic N) is 2. The second-order valence-electron chi connectivity index (χ2n) is 4.75. The van der Waals surface area contributed by atoms with Crippen molar-refractivity contribution in [2.24, 2.45) is 0 Å². The average Bonchev–Trinajstić information content (AvgIpc) is 2.47. The first-order valence-electron chi connectivity index (χ1n) is 6.56. The van der Waals surface area contributed by atoms with E-state index in [4.69, 9.17) is 0 Å². The number of benzene rings is 1. The van der Waals surface area contributed by atoms with Crippen LogP contribution in [0.1, 0.15) is 23.2 Å². The van der Waals surface area contributed by atoms with Gasteiger partial charge < -0.3 is 10.6 Å². The van der Waals surface area contributed by atoms with Crippen LogP contribution in [0, 0.1) is 0 Å². The smallest absolute Gasteiger partial charge is 0.253 e. The third kappa shape index (κ3) is 2.56. The largest absolute Gasteiger partial charge is 0.348 e. The van der Waals surface area contributed by atoms with E-state index < -0.39 is 0 Å². The van der Waals surface area contributed by atoms with Crippen LogP contribution in [0.3, 0.4) is 0 Å². The number of para-hydroxylation sites is 1. The number of rotatable bonds is 2. The summed E-state index contributed by atoms with van der Waals surface area (Å²) in [7, 11) is 0. The first-order chi connectivity index (χ1) is 9.34. The Labute approximate surface area is 111 Å². The molecule has 2 aromatic rings. The fraction of sp³-hybridized carbons (Fsp3) is 0.357. The van der Waals surface area contributed by atoms with Gasteiger partial charge in [0.15, 0.2) is 0 Å². The van der Waals surface area contributed by atoms with Crippen LogP contribution in [0.5, 0.6) is 0 Å². The Kier molecular flexibility index (Phi) is 3.37. The van der Waals surface area contributed by atoms with Crippen molar-refractivity contribution in [2.75, 3.05) is 13.1 Å². The molecule has 1 aliphatic rings. The maximum Gasteiger partial charge on any atom is 0.253 e. The lowest BCUT2D eigenvalue weighted by atomic mass is 10.1. The van der Waals surface area contributed by atoms with Crippen LogP contribution in [0.25, 0.3) is 11.0 Å². The Bertz CT molecular complexity index is 588. The van der Waals surface area contributed by atoms with Gasteiger partial charge in [0.2, 0.25) is 0 Å². The van der Waals surface area contributed by atoms with Crippen LogP contribution < -0.4 is 10.6 Å². The predicted octanol–water partition coefficient (Wildman–Crippen LogP) is 1.11. The normalized spacial score (nSPS) is 19.3. The summed E-state index contributed by atoms with van der Waals surface area (Å²) in [5, 5.41) is 6.34. The number of hydrogen-bond acceptors (Lipinski definition) is 4. The highest BCUT2D eigenvalue weighted by Gasteiger charge is 2.18. The number of hydrogen-bond donors (Lipinski definition) is 2. The van der Waals surface area contributed by atoms with Crippen molar-refractivity contribution in [2.45, 2.75) is 18.9 Å². The van der Waals surface area contributed by atoms with Crippen LogP contribution in [-0.2, 0) is 0 Å². The van der Waals surface area contributed by atoms with Crippen molar-refractivity contribution in [1.29, 1.82) is 0 Å². The van der Waals surface area contributed by atoms with Crippen LogP contribution in [0.2, 0.25) is 0 Å². The molecule has 1 aromatic carbocycles. The molecule has 5 nitrogen and oxygen atoms in total. The third-order valence-corrected chi connectivity index (χ3v) is 3.38. The average molecular weight is 256 g/mol. The first-order valence-corrected chi connectivity index (χ1v) is 6.56. The monoisotopic (exact) mass is 256 g/mol. The van der Waals surface area contributed by atoms with Crippen molar-refractivity contribution in [3.8, 4) is 0 Å². The highest BCUT2D eigenvalue weighted by Crippen LogP contribution is 2.14. The molecule has 0 saturated carbocycles. The van der Waals surface area contributed by atoms with E-state index in [1.807, 2.05) is 12.1 Å². The highest BCUT2D eigenvalue weighted by atomic mass is 16.1. The lowest BCUT2D eigenvalue weighted by molar-refractivity contribution is 0.0932. The molecule has 1 saturated heterocycles. The summed E-state index contributed by atoms with van der Waals surface area (Å²) in [6.07, 6.45) is 5.37. The SMILES string of the molecule is O=C(NC1CCCNC1)c1cccc2nccnc12. The number of carbonyl (C=O) groups excluding carboxylic acids is 1. The van der Waals surface area contributed by atoms with Crippen molar-refractivity contribution in [1.82, 2.24) is 20.6 Å². The van der Waals surface area contributed by atoms with E-state index in [0.29, 0.717) is 11.1 Å². The molecule has 0 aliphatic carbocycles. The van der Waals surface area contributed by atoms with Gasteiger partial charge in [0.05, 0.1) is 11.1 Å². The zero-order valence-corrected chi connectivity index (χ0v) is 10.6. The summed E-state index contributed by atoms with van der Waals surface area (Å²) in [5.41, 5.74) is 2.00. The molecule has 2 N–H and O–H groups in total. The Balaban J connectivity index is 1.85. The quantitative estimate of drug-likeness (QED) is 0.844. The second-order valence-corrected chi connectivity index (χ2v) is 4.75. The van der Waals surface area contributed by atoms with Gasteiger partial charge >= 0.3 is 0 Å². The number of fused-ring (bicyclic) bond motifs is 1. The molecule has 0 bridgehead atoms. The van der Waals surface area contributed by atoms with E-state index in [2.05, 4.69) is 20.6 Å². The summed E-state index contributed by atoms with van der Waals surface area (Å²) >= 11 is 0. The minimum absolute atomic E-state index is 0.0696. The number of nitrogens with one attached hydrogen (secondary N) is 2. The van der Waals surface area contributed by atoms with Crippen molar-refractivity contribution < 1.29 is 4.79 Å². The Morgan fingerprint density at radius 1 is 1.32 bits per heavy atom. The minimum Gasteiger partial charge on any atom is -0.348 e. The molecule has 1 unspecified atom stereocenters. The zero-order chi connectivity index (χ0) is 13.1. The molecular weight excluding hydrogens is 240 g/mol. The summed E-state index contributed by atoms with van der Waals surface area (Å²) in [6.45, 7) is 1.87. The van der Waals surface area contributed by atoms with Gasteiger partial charge in [-0.15, -0.1) is 0 Å². The van der Waals surface area contributed by atoms with Gasteiger partial charge in [0.25, 0.3) is 5.91 Å². The zero-order valence-electron chi connectivity index (χ0n) is 10.6. The lowest BCUT2D eigenvalue weighted by Crippen LogP contribution is -2.45. The third-order valence-electron chi connectivity index (χ3n) is 3.38. The molecule has 0 spiro atoms. The van der Waals surface area contributed by atoms with Gasteiger partial charge in [-0.1, -0.05) is 6.07 Å². The molecule has 3 rings (SSSR count). The standard InChI is InChI=1S/C14H16N4O/c19-14(18-10-3-2-6-15-9-10)11-4-1-5-12-13(11)17-8-7-16-12/h1,4-5,7-8,10,15H,2-3,6,9H2,(H,18,19). The minimum atomic E-state index is -0.0696. The summed E-state index contributed by atoms with van der Waals surface area (Å²) in [4.78, 5) is 20.8. The molecule has 1 atom stereocenters. The second kappa shape index (κ2) is 5.32. The molecule has 1 aliphatic heterocycles. The Morgan fingerprint density at radius 3 is 3.05 bits per heavy atom. The fourth-order valence-electron chi connectivity index (χ4n) is 2.41. The van der Waals surface area contributed by atoms with E-state index >= 15 is 0 Å². The van der Waals surface area contributed by atoms with Crippen molar-refractivity contribution in [3.63, 3.8) is 0 Å². The van der Waals surface area contributed by atoms with Gasteiger partial charge in [-0.2, -0.15) is 0 Å². The fourth-order valence-corrected chi connectivity index (χ4v) is 2.41. The molecule has 0 radical (unpaired) electrons. The Morgan fingerprint density at radius 2 is 2.21 bits per heavy atom. The van der Waals surface area contributed by atoms with Gasteiger partial charge in [-0.05, 0) is 31.5 Å². The van der Waals surface area contributed by atoms with Crippen LogP contribution >= 0.6 is 0 Å². The molecule has 2 heterocycles. The van der Waals surface area contributed by atoms with E-state index in [-0.39, 0.29) is 11.9 Å². The Hall–Kier alpha value is -2.01. The van der Waals surface area contributed by atoms with Crippen molar-refractivity contribution in [3.05, 3.63) is 36.2 Å². The van der Waals surface area contributed by atoms with Gasteiger partial charge in [-0.25, -0.2) is 0 Å². The summed E-state index contributed by atoms with van der Waals surface area (Å²) in [5.74, 6) is -0.0696. The van der Waals surface area contributed by atoms with Crippen LogP contribution in [-0.4, -0.2) is 35.0 Å². The van der Waals surface area contributed by atoms with Gasteiger partial charge in [0.1, 0.15) is 5.52 Å². The van der Waals surface area contributed by atoms with Crippen molar-refractivity contribution >= 4 is 16.9 Å². The van der Waals surface area contributed by atoms with E-state index in [1.54, 1.807) is 18.5 Å². The van der Waals surface area contributed by atoms with E-state index in [1.165, 1.54) is 0 Å². The van der Waals surface area contributed by atoms with Gasteiger partial charge in [0, 0.05) is 25.0 Å².